The van der Waals surface area contributed by atoms with Gasteiger partial charge in [-0.1, -0.05) is 5.21 Å². The number of esters is 1. The van der Waals surface area contributed by atoms with Crippen LogP contribution in [0.5, 0.6) is 0 Å². The summed E-state index contributed by atoms with van der Waals surface area (Å²) in [5.41, 5.74) is 0. The van der Waals surface area contributed by atoms with Crippen molar-refractivity contribution in [3.63, 3.8) is 0 Å². The minimum atomic E-state index is -0.377. The zero-order chi connectivity index (χ0) is 12.3. The Morgan fingerprint density at radius 1 is 1.59 bits per heavy atom. The smallest absolute Gasteiger partial charge is 0.327 e. The van der Waals surface area contributed by atoms with Crippen molar-refractivity contribution in [2.75, 3.05) is 11.9 Å². The molecule has 17 heavy (non-hydrogen) atoms. The van der Waals surface area contributed by atoms with Crippen LogP contribution in [0, 0.1) is 5.92 Å². The van der Waals surface area contributed by atoms with Crippen LogP contribution in [-0.4, -0.2) is 33.5 Å². The summed E-state index contributed by atoms with van der Waals surface area (Å²) in [6.45, 7) is 2.07. The minimum Gasteiger partial charge on any atom is -0.465 e. The Labute approximate surface area is 98.1 Å². The predicted molar refractivity (Wildman–Crippen MR) is 58.0 cm³/mol. The van der Waals surface area contributed by atoms with Gasteiger partial charge in [-0.05, 0) is 19.8 Å². The maximum absolute atomic E-state index is 11.4. The van der Waals surface area contributed by atoms with Crippen molar-refractivity contribution >= 4 is 17.7 Å². The highest BCUT2D eigenvalue weighted by molar-refractivity contribution is 5.93. The van der Waals surface area contributed by atoms with Crippen LogP contribution in [0.1, 0.15) is 19.8 Å². The zero-order valence-electron chi connectivity index (χ0n) is 9.55. The van der Waals surface area contributed by atoms with Crippen LogP contribution in [0.4, 0.5) is 5.82 Å². The van der Waals surface area contributed by atoms with E-state index in [1.165, 1.54) is 10.9 Å². The van der Waals surface area contributed by atoms with Gasteiger partial charge >= 0.3 is 5.97 Å². The topological polar surface area (TPSA) is 86.1 Å². The lowest BCUT2D eigenvalue weighted by atomic mass is 10.4. The Morgan fingerprint density at radius 3 is 3.00 bits per heavy atom. The van der Waals surface area contributed by atoms with Gasteiger partial charge in [0.2, 0.25) is 5.91 Å². The molecule has 0 unspecified atom stereocenters. The summed E-state index contributed by atoms with van der Waals surface area (Å²) in [6, 6.07) is 0. The first kappa shape index (κ1) is 11.6. The standard InChI is InChI=1S/C10H14N4O3/c1-2-17-9(15)6-14-5-8(12-13-14)11-10(16)7-3-4-7/h5,7H,2-4,6H2,1H3,(H,11,16). The largest absolute Gasteiger partial charge is 0.465 e. The normalized spacial score (nSPS) is 14.4. The van der Waals surface area contributed by atoms with Gasteiger partial charge in [-0.2, -0.15) is 0 Å². The zero-order valence-corrected chi connectivity index (χ0v) is 9.55. The van der Waals surface area contributed by atoms with Crippen molar-refractivity contribution in [1.82, 2.24) is 15.0 Å². The number of carbonyl (C=O) groups excluding carboxylic acids is 2. The second kappa shape index (κ2) is 4.94. The van der Waals surface area contributed by atoms with Crippen molar-refractivity contribution in [2.45, 2.75) is 26.3 Å². The summed E-state index contributed by atoms with van der Waals surface area (Å²) in [4.78, 5) is 22.6. The molecule has 0 saturated heterocycles. The number of nitrogens with one attached hydrogen (secondary N) is 1. The van der Waals surface area contributed by atoms with Gasteiger partial charge < -0.3 is 10.1 Å². The van der Waals surface area contributed by atoms with E-state index in [9.17, 15) is 9.59 Å². The molecule has 7 nitrogen and oxygen atoms in total. The van der Waals surface area contributed by atoms with E-state index in [1.807, 2.05) is 0 Å². The molecule has 1 N–H and O–H groups in total. The number of ether oxygens (including phenoxy) is 1. The van der Waals surface area contributed by atoms with Gasteiger partial charge in [0.15, 0.2) is 5.82 Å². The lowest BCUT2D eigenvalue weighted by Crippen LogP contribution is -2.14. The van der Waals surface area contributed by atoms with E-state index < -0.39 is 0 Å². The van der Waals surface area contributed by atoms with Gasteiger partial charge in [0.25, 0.3) is 0 Å². The maximum atomic E-state index is 11.4. The van der Waals surface area contributed by atoms with Crippen LogP contribution in [0.25, 0.3) is 0 Å². The summed E-state index contributed by atoms with van der Waals surface area (Å²) < 4.78 is 6.10. The fraction of sp³-hybridized carbons (Fsp3) is 0.600. The quantitative estimate of drug-likeness (QED) is 0.740. The molecule has 0 spiro atoms. The van der Waals surface area contributed by atoms with E-state index in [-0.39, 0.29) is 24.3 Å². The third-order valence-electron chi connectivity index (χ3n) is 2.33. The van der Waals surface area contributed by atoms with Crippen LogP contribution in [0.15, 0.2) is 6.20 Å². The van der Waals surface area contributed by atoms with Crippen molar-refractivity contribution in [1.29, 1.82) is 0 Å². The molecule has 1 aliphatic rings. The van der Waals surface area contributed by atoms with Crippen molar-refractivity contribution in [3.05, 3.63) is 6.20 Å². The summed E-state index contributed by atoms with van der Waals surface area (Å²) >= 11 is 0. The molecular formula is C10H14N4O3. The molecule has 92 valence electrons. The number of carbonyl (C=O) groups is 2. The Balaban J connectivity index is 1.86. The fourth-order valence-corrected chi connectivity index (χ4v) is 1.35. The molecule has 0 atom stereocenters. The van der Waals surface area contributed by atoms with Gasteiger partial charge in [-0.3, -0.25) is 9.59 Å². The summed E-state index contributed by atoms with van der Waals surface area (Å²) in [7, 11) is 0. The molecule has 2 rings (SSSR count). The molecule has 7 heteroatoms. The highest BCUT2D eigenvalue weighted by Crippen LogP contribution is 2.29. The first-order valence-electron chi connectivity index (χ1n) is 5.55. The Bertz CT molecular complexity index is 425. The Hall–Kier alpha value is -1.92. The lowest BCUT2D eigenvalue weighted by Gasteiger charge is -2.00. The maximum Gasteiger partial charge on any atom is 0.327 e. The highest BCUT2D eigenvalue weighted by atomic mass is 16.5. The van der Waals surface area contributed by atoms with E-state index in [1.54, 1.807) is 6.92 Å². The first-order valence-corrected chi connectivity index (χ1v) is 5.55. The van der Waals surface area contributed by atoms with Crippen LogP contribution in [-0.2, 0) is 20.9 Å². The van der Waals surface area contributed by atoms with E-state index >= 15 is 0 Å². The highest BCUT2D eigenvalue weighted by Gasteiger charge is 2.30. The molecular weight excluding hydrogens is 224 g/mol. The molecule has 1 fully saturated rings. The van der Waals surface area contributed by atoms with Gasteiger partial charge in [0, 0.05) is 5.92 Å². The number of rotatable bonds is 5. The fourth-order valence-electron chi connectivity index (χ4n) is 1.35. The summed E-state index contributed by atoms with van der Waals surface area (Å²) in [5, 5.41) is 10.1. The van der Waals surface area contributed by atoms with Gasteiger partial charge in [-0.15, -0.1) is 5.10 Å². The van der Waals surface area contributed by atoms with E-state index in [0.717, 1.165) is 12.8 Å². The monoisotopic (exact) mass is 238 g/mol. The Kier molecular flexibility index (Phi) is 3.36. The number of anilines is 1. The number of nitrogens with zero attached hydrogens (tertiary/aromatic N) is 3. The predicted octanol–water partition coefficient (Wildman–Crippen LogP) is 0.190. The first-order chi connectivity index (χ1) is 8.19. The minimum absolute atomic E-state index is 0.000138. The second-order valence-electron chi connectivity index (χ2n) is 3.87. The van der Waals surface area contributed by atoms with Crippen LogP contribution in [0.2, 0.25) is 0 Å². The molecule has 1 amide bonds. The molecule has 0 aliphatic heterocycles. The van der Waals surface area contributed by atoms with Gasteiger partial charge in [0.1, 0.15) is 6.54 Å². The summed E-state index contributed by atoms with van der Waals surface area (Å²) in [6.07, 6.45) is 3.38. The molecule has 1 heterocycles. The second-order valence-corrected chi connectivity index (χ2v) is 3.87. The van der Waals surface area contributed by atoms with Gasteiger partial charge in [-0.25, -0.2) is 4.68 Å². The summed E-state index contributed by atoms with van der Waals surface area (Å²) in [5.74, 6) is 0.0714. The number of aromatic nitrogens is 3. The SMILES string of the molecule is CCOC(=O)Cn1cc(NC(=O)C2CC2)nn1. The van der Waals surface area contributed by atoms with Crippen molar-refractivity contribution in [3.8, 4) is 0 Å². The lowest BCUT2D eigenvalue weighted by molar-refractivity contribution is -0.144. The third kappa shape index (κ3) is 3.27. The average molecular weight is 238 g/mol. The Morgan fingerprint density at radius 2 is 2.35 bits per heavy atom. The van der Waals surface area contributed by atoms with E-state index in [4.69, 9.17) is 4.74 Å². The molecule has 0 bridgehead atoms. The molecule has 0 radical (unpaired) electrons. The van der Waals surface area contributed by atoms with E-state index in [2.05, 4.69) is 15.6 Å². The van der Waals surface area contributed by atoms with Crippen LogP contribution >= 0.6 is 0 Å². The molecule has 1 aromatic rings. The number of hydrogen-bond acceptors (Lipinski definition) is 5. The molecule has 0 aromatic carbocycles. The average Bonchev–Trinajstić information content (AvgIpc) is 3.03. The number of amides is 1. The van der Waals surface area contributed by atoms with Crippen molar-refractivity contribution < 1.29 is 14.3 Å². The molecule has 1 saturated carbocycles. The molecule has 1 aromatic heterocycles. The third-order valence-corrected chi connectivity index (χ3v) is 2.33. The van der Waals surface area contributed by atoms with E-state index in [0.29, 0.717) is 12.4 Å². The van der Waals surface area contributed by atoms with Crippen LogP contribution in [0.3, 0.4) is 0 Å². The van der Waals surface area contributed by atoms with Crippen LogP contribution < -0.4 is 5.32 Å². The number of hydrogen-bond donors (Lipinski definition) is 1. The van der Waals surface area contributed by atoms with Gasteiger partial charge in [0.05, 0.1) is 12.8 Å². The molecule has 1 aliphatic carbocycles. The van der Waals surface area contributed by atoms with Crippen molar-refractivity contribution in [2.24, 2.45) is 5.92 Å².